The quantitative estimate of drug-likeness (QED) is 0.130. The smallest absolute Gasteiger partial charge is 0.322 e. The highest BCUT2D eigenvalue weighted by atomic mass is 16.4. The van der Waals surface area contributed by atoms with Crippen molar-refractivity contribution in [2.45, 2.75) is 43.8 Å². The molecule has 0 aliphatic rings. The number of nitrogens with one attached hydrogen (secondary N) is 3. The Bertz CT molecular complexity index is 710. The largest absolute Gasteiger partial charge is 0.481 e. The first kappa shape index (κ1) is 26.2. The Morgan fingerprint density at radius 3 is 1.77 bits per heavy atom. The molecule has 0 saturated heterocycles. The summed E-state index contributed by atoms with van der Waals surface area (Å²) in [4.78, 5) is 79.5. The number of carboxylic acids is 3. The van der Waals surface area contributed by atoms with Gasteiger partial charge in [0, 0.05) is 6.42 Å². The van der Waals surface area contributed by atoms with Crippen molar-refractivity contribution in [3.05, 3.63) is 0 Å². The molecule has 0 rings (SSSR count). The van der Waals surface area contributed by atoms with Crippen LogP contribution in [0.4, 0.5) is 0 Å². The zero-order valence-electron chi connectivity index (χ0n) is 15.6. The van der Waals surface area contributed by atoms with Gasteiger partial charge in [0.25, 0.3) is 0 Å². The number of rotatable bonds is 14. The number of carboxylic acid groups (broad SMARTS) is 3. The number of aliphatic carboxylic acids is 3. The van der Waals surface area contributed by atoms with Crippen molar-refractivity contribution in [3.8, 4) is 0 Å². The average Bonchev–Trinajstić information content (AvgIpc) is 2.60. The molecule has 0 radical (unpaired) electrons. The Morgan fingerprint density at radius 2 is 1.30 bits per heavy atom. The highest BCUT2D eigenvalue weighted by Gasteiger charge is 2.30. The standard InChI is InChI=1S/C15H23N5O10/c16-6(3-11(24)25)13(28)19-7(1-2-10(22)23)15(30)20-8(4-9(17)21)14(29)18-5-12(26)27/h6-8H,1-5,16H2,(H2,17,21)(H,18,29)(H,19,28)(H,20,30)(H,22,23)(H,24,25)(H,26,27). The fourth-order valence-electron chi connectivity index (χ4n) is 2.06. The summed E-state index contributed by atoms with van der Waals surface area (Å²) in [7, 11) is 0. The van der Waals surface area contributed by atoms with E-state index in [0.29, 0.717) is 0 Å². The predicted octanol–water partition coefficient (Wildman–Crippen LogP) is -4.30. The Balaban J connectivity index is 5.34. The molecular formula is C15H23N5O10. The zero-order valence-corrected chi connectivity index (χ0v) is 15.6. The van der Waals surface area contributed by atoms with Crippen molar-refractivity contribution in [1.29, 1.82) is 0 Å². The van der Waals surface area contributed by atoms with Crippen LogP contribution in [-0.4, -0.2) is 81.5 Å². The van der Waals surface area contributed by atoms with Crippen LogP contribution < -0.4 is 27.4 Å². The summed E-state index contributed by atoms with van der Waals surface area (Å²) in [5.41, 5.74) is 10.4. The summed E-state index contributed by atoms with van der Waals surface area (Å²) >= 11 is 0. The molecule has 15 heteroatoms. The number of hydrogen-bond donors (Lipinski definition) is 8. The van der Waals surface area contributed by atoms with E-state index >= 15 is 0 Å². The van der Waals surface area contributed by atoms with Crippen molar-refractivity contribution >= 4 is 41.5 Å². The van der Waals surface area contributed by atoms with E-state index in [9.17, 15) is 33.6 Å². The van der Waals surface area contributed by atoms with Crippen LogP contribution in [0.15, 0.2) is 0 Å². The number of carbonyl (C=O) groups excluding carboxylic acids is 4. The van der Waals surface area contributed by atoms with Gasteiger partial charge in [-0.25, -0.2) is 0 Å². The van der Waals surface area contributed by atoms with Gasteiger partial charge in [-0.1, -0.05) is 0 Å². The Kier molecular flexibility index (Phi) is 11.1. The second kappa shape index (κ2) is 12.7. The van der Waals surface area contributed by atoms with E-state index in [4.69, 9.17) is 26.8 Å². The lowest BCUT2D eigenvalue weighted by Gasteiger charge is -2.23. The number of primary amides is 1. The van der Waals surface area contributed by atoms with Crippen molar-refractivity contribution in [2.24, 2.45) is 11.5 Å². The summed E-state index contributed by atoms with van der Waals surface area (Å²) in [6.45, 7) is -0.812. The molecule has 0 fully saturated rings. The summed E-state index contributed by atoms with van der Waals surface area (Å²) in [5.74, 6) is -8.33. The van der Waals surface area contributed by atoms with Crippen LogP contribution in [0.1, 0.15) is 25.7 Å². The lowest BCUT2D eigenvalue weighted by Crippen LogP contribution is -2.56. The Hall–Kier alpha value is -3.75. The predicted molar refractivity (Wildman–Crippen MR) is 95.4 cm³/mol. The molecule has 15 nitrogen and oxygen atoms in total. The minimum Gasteiger partial charge on any atom is -0.481 e. The van der Waals surface area contributed by atoms with E-state index in [-0.39, 0.29) is 0 Å². The molecule has 0 saturated carbocycles. The topological polar surface area (TPSA) is 268 Å². The van der Waals surface area contributed by atoms with E-state index in [0.717, 1.165) is 0 Å². The Labute approximate surface area is 169 Å². The van der Waals surface area contributed by atoms with Crippen molar-refractivity contribution in [3.63, 3.8) is 0 Å². The van der Waals surface area contributed by atoms with Gasteiger partial charge in [-0.3, -0.25) is 33.6 Å². The van der Waals surface area contributed by atoms with Crippen LogP contribution >= 0.6 is 0 Å². The summed E-state index contributed by atoms with van der Waals surface area (Å²) in [6, 6.07) is -4.69. The number of carbonyl (C=O) groups is 7. The van der Waals surface area contributed by atoms with Gasteiger partial charge in [0.15, 0.2) is 0 Å². The molecule has 0 aliphatic carbocycles. The molecule has 168 valence electrons. The SMILES string of the molecule is NC(=O)CC(NC(=O)C(CCC(=O)O)NC(=O)C(N)CC(=O)O)C(=O)NCC(=O)O. The molecular weight excluding hydrogens is 410 g/mol. The number of nitrogens with two attached hydrogens (primary N) is 2. The van der Waals surface area contributed by atoms with Crippen LogP contribution in [-0.2, 0) is 33.6 Å². The average molecular weight is 433 g/mol. The molecule has 3 atom stereocenters. The van der Waals surface area contributed by atoms with Crippen molar-refractivity contribution in [2.75, 3.05) is 6.54 Å². The second-order valence-electron chi connectivity index (χ2n) is 6.04. The normalized spacial score (nSPS) is 13.2. The lowest BCUT2D eigenvalue weighted by molar-refractivity contribution is -0.140. The lowest BCUT2D eigenvalue weighted by atomic mass is 10.1. The molecule has 10 N–H and O–H groups in total. The minimum absolute atomic E-state index is 0.452. The third-order valence-electron chi connectivity index (χ3n) is 3.46. The summed E-state index contributed by atoms with van der Waals surface area (Å²) < 4.78 is 0. The van der Waals surface area contributed by atoms with Crippen molar-refractivity contribution in [1.82, 2.24) is 16.0 Å². The first-order valence-electron chi connectivity index (χ1n) is 8.41. The third kappa shape index (κ3) is 11.2. The minimum atomic E-state index is -1.61. The molecule has 0 bridgehead atoms. The van der Waals surface area contributed by atoms with Crippen LogP contribution in [0.5, 0.6) is 0 Å². The maximum absolute atomic E-state index is 12.4. The molecule has 30 heavy (non-hydrogen) atoms. The Morgan fingerprint density at radius 1 is 0.733 bits per heavy atom. The van der Waals surface area contributed by atoms with Gasteiger partial charge in [-0.15, -0.1) is 0 Å². The van der Waals surface area contributed by atoms with Crippen LogP contribution in [0.3, 0.4) is 0 Å². The monoisotopic (exact) mass is 433 g/mol. The molecule has 0 aromatic heterocycles. The molecule has 0 spiro atoms. The van der Waals surface area contributed by atoms with E-state index in [1.165, 1.54) is 0 Å². The number of amides is 4. The van der Waals surface area contributed by atoms with Gasteiger partial charge >= 0.3 is 17.9 Å². The van der Waals surface area contributed by atoms with Gasteiger partial charge in [-0.05, 0) is 6.42 Å². The van der Waals surface area contributed by atoms with Gasteiger partial charge < -0.3 is 42.7 Å². The van der Waals surface area contributed by atoms with Gasteiger partial charge in [-0.2, -0.15) is 0 Å². The van der Waals surface area contributed by atoms with E-state index in [1.807, 2.05) is 5.32 Å². The maximum Gasteiger partial charge on any atom is 0.322 e. The van der Waals surface area contributed by atoms with Crippen molar-refractivity contribution < 1.29 is 48.9 Å². The molecule has 0 heterocycles. The van der Waals surface area contributed by atoms with Gasteiger partial charge in [0.2, 0.25) is 23.6 Å². The first-order valence-corrected chi connectivity index (χ1v) is 8.41. The molecule has 0 aliphatic heterocycles. The molecule has 3 unspecified atom stereocenters. The van der Waals surface area contributed by atoms with Crippen LogP contribution in [0, 0.1) is 0 Å². The first-order chi connectivity index (χ1) is 13.8. The maximum atomic E-state index is 12.4. The summed E-state index contributed by atoms with van der Waals surface area (Å²) in [6.07, 6.45) is -2.51. The third-order valence-corrected chi connectivity index (χ3v) is 3.46. The van der Waals surface area contributed by atoms with Gasteiger partial charge in [0.05, 0.1) is 18.9 Å². The molecule has 0 aromatic rings. The highest BCUT2D eigenvalue weighted by molar-refractivity contribution is 5.96. The zero-order chi connectivity index (χ0) is 23.4. The fraction of sp³-hybridized carbons (Fsp3) is 0.533. The molecule has 0 aromatic carbocycles. The molecule has 4 amide bonds. The summed E-state index contributed by atoms with van der Waals surface area (Å²) in [5, 5.41) is 32.1. The fourth-order valence-corrected chi connectivity index (χ4v) is 2.06. The highest BCUT2D eigenvalue weighted by Crippen LogP contribution is 2.02. The van der Waals surface area contributed by atoms with E-state index in [2.05, 4.69) is 10.6 Å². The second-order valence-corrected chi connectivity index (χ2v) is 6.04. The van der Waals surface area contributed by atoms with E-state index in [1.54, 1.807) is 0 Å². The van der Waals surface area contributed by atoms with Crippen LogP contribution in [0.25, 0.3) is 0 Å². The number of hydrogen-bond acceptors (Lipinski definition) is 8. The van der Waals surface area contributed by atoms with Crippen LogP contribution in [0.2, 0.25) is 0 Å². The van der Waals surface area contributed by atoms with Gasteiger partial charge in [0.1, 0.15) is 18.6 Å². The van der Waals surface area contributed by atoms with E-state index < -0.39 is 91.9 Å².